The van der Waals surface area contributed by atoms with Crippen molar-refractivity contribution in [2.45, 2.75) is 0 Å². The van der Waals surface area contributed by atoms with Crippen molar-refractivity contribution < 1.29 is 38.1 Å². The molecule has 19 heavy (non-hydrogen) atoms. The molecule has 0 bridgehead atoms. The van der Waals surface area contributed by atoms with E-state index in [1.807, 2.05) is 13.2 Å². The number of anilines is 1. The first kappa shape index (κ1) is 13.7. The molecule has 0 spiro atoms. The summed E-state index contributed by atoms with van der Waals surface area (Å²) in [6, 6.07) is 10.4. The minimum Gasteiger partial charge on any atom is -1.00 e. The van der Waals surface area contributed by atoms with Gasteiger partial charge in [0.25, 0.3) is 11.8 Å². The lowest BCUT2D eigenvalue weighted by atomic mass is 10.1. The predicted octanol–water partition coefficient (Wildman–Crippen LogP) is -1.68. The second kappa shape index (κ2) is 5.08. The van der Waals surface area contributed by atoms with Crippen molar-refractivity contribution in [3.8, 4) is 0 Å². The van der Waals surface area contributed by atoms with Crippen LogP contribution in [0.15, 0.2) is 48.8 Å². The molecule has 1 aliphatic heterocycles. The molecule has 3 rings (SSSR count). The average molecular weight is 366 g/mol. The Morgan fingerprint density at radius 3 is 2.05 bits per heavy atom. The fourth-order valence-electron chi connectivity index (χ4n) is 2.13. The zero-order valence-corrected chi connectivity index (χ0v) is 12.4. The lowest BCUT2D eigenvalue weighted by Gasteiger charge is -2.11. The van der Waals surface area contributed by atoms with Gasteiger partial charge in [0.05, 0.1) is 11.1 Å². The number of fused-ring (bicyclic) bond motifs is 1. The van der Waals surface area contributed by atoms with Crippen LogP contribution in [0.1, 0.15) is 20.7 Å². The monoisotopic (exact) mass is 366 g/mol. The Kier molecular flexibility index (Phi) is 3.66. The number of benzene rings is 1. The number of carbonyl (C=O) groups is 2. The number of rotatable bonds is 1. The summed E-state index contributed by atoms with van der Waals surface area (Å²) >= 11 is 0. The van der Waals surface area contributed by atoms with Gasteiger partial charge in [-0.05, 0) is 18.2 Å². The summed E-state index contributed by atoms with van der Waals surface area (Å²) in [6.07, 6.45) is 3.60. The van der Waals surface area contributed by atoms with Crippen LogP contribution in [-0.2, 0) is 7.05 Å². The van der Waals surface area contributed by atoms with Crippen LogP contribution in [0.4, 0.5) is 5.69 Å². The van der Waals surface area contributed by atoms with Gasteiger partial charge in [-0.25, -0.2) is 9.47 Å². The number of hydrogen-bond donors (Lipinski definition) is 0. The van der Waals surface area contributed by atoms with E-state index in [0.29, 0.717) is 16.8 Å². The third kappa shape index (κ3) is 2.14. The van der Waals surface area contributed by atoms with Gasteiger partial charge in [-0.15, -0.1) is 0 Å². The minimum atomic E-state index is -0.262. The van der Waals surface area contributed by atoms with Crippen LogP contribution in [-0.4, -0.2) is 11.8 Å². The first-order chi connectivity index (χ1) is 8.68. The number of pyridine rings is 1. The second-order valence-corrected chi connectivity index (χ2v) is 4.22. The average Bonchev–Trinajstić information content (AvgIpc) is 2.63. The van der Waals surface area contributed by atoms with Crippen LogP contribution in [0.3, 0.4) is 0 Å². The molecule has 0 saturated carbocycles. The second-order valence-electron chi connectivity index (χ2n) is 4.22. The molecule has 1 aliphatic rings. The molecule has 2 amide bonds. The minimum absolute atomic E-state index is 0. The predicted molar refractivity (Wildman–Crippen MR) is 65.2 cm³/mol. The summed E-state index contributed by atoms with van der Waals surface area (Å²) in [4.78, 5) is 25.6. The van der Waals surface area contributed by atoms with E-state index in [9.17, 15) is 9.59 Å². The molecule has 2 heterocycles. The van der Waals surface area contributed by atoms with E-state index >= 15 is 0 Å². The highest BCUT2D eigenvalue weighted by atomic mass is 127. The molecule has 0 aliphatic carbocycles. The number of amides is 2. The molecule has 0 saturated heterocycles. The molecule has 0 radical (unpaired) electrons. The first-order valence-corrected chi connectivity index (χ1v) is 5.61. The Bertz CT molecular complexity index is 635. The molecule has 0 atom stereocenters. The quantitative estimate of drug-likeness (QED) is 0.344. The van der Waals surface area contributed by atoms with Gasteiger partial charge >= 0.3 is 0 Å². The molecule has 2 aromatic rings. The van der Waals surface area contributed by atoms with Crippen LogP contribution >= 0.6 is 0 Å². The number of hydrogen-bond acceptors (Lipinski definition) is 2. The molecule has 1 aromatic carbocycles. The Hall–Kier alpha value is -1.76. The zero-order valence-electron chi connectivity index (χ0n) is 10.2. The van der Waals surface area contributed by atoms with Crippen molar-refractivity contribution in [1.29, 1.82) is 0 Å². The van der Waals surface area contributed by atoms with Gasteiger partial charge < -0.3 is 24.0 Å². The van der Waals surface area contributed by atoms with Gasteiger partial charge in [0.2, 0.25) is 0 Å². The van der Waals surface area contributed by atoms with Gasteiger partial charge in [-0.3, -0.25) is 9.59 Å². The summed E-state index contributed by atoms with van der Waals surface area (Å²) in [5.74, 6) is -0.524. The van der Waals surface area contributed by atoms with Gasteiger partial charge in [-0.2, -0.15) is 0 Å². The fraction of sp³-hybridized carbons (Fsp3) is 0.0714. The van der Waals surface area contributed by atoms with E-state index in [1.165, 1.54) is 4.90 Å². The summed E-state index contributed by atoms with van der Waals surface area (Å²) in [5, 5.41) is 0. The molecule has 5 heteroatoms. The Morgan fingerprint density at radius 1 is 0.947 bits per heavy atom. The number of aryl methyl sites for hydroxylation is 1. The summed E-state index contributed by atoms with van der Waals surface area (Å²) in [6.45, 7) is 0. The third-order valence-corrected chi connectivity index (χ3v) is 2.98. The van der Waals surface area contributed by atoms with Crippen LogP contribution in [0.2, 0.25) is 0 Å². The maximum absolute atomic E-state index is 12.2. The number of aromatic nitrogens is 1. The van der Waals surface area contributed by atoms with Crippen molar-refractivity contribution in [3.05, 3.63) is 59.9 Å². The van der Waals surface area contributed by atoms with Crippen molar-refractivity contribution in [3.63, 3.8) is 0 Å². The molecule has 4 nitrogen and oxygen atoms in total. The summed E-state index contributed by atoms with van der Waals surface area (Å²) in [5.41, 5.74) is 1.52. The maximum Gasteiger partial charge on any atom is 0.266 e. The Labute approximate surface area is 127 Å². The molecule has 0 unspecified atom stereocenters. The normalized spacial score (nSPS) is 13.2. The SMILES string of the molecule is C[n+]1cccc(N2C(=O)c3ccccc3C2=O)c1.[I-]. The number of halogens is 1. The summed E-state index contributed by atoms with van der Waals surface area (Å²) < 4.78 is 1.80. The highest BCUT2D eigenvalue weighted by Crippen LogP contribution is 2.26. The molecule has 0 fully saturated rings. The van der Waals surface area contributed by atoms with Gasteiger partial charge in [0.15, 0.2) is 12.4 Å². The van der Waals surface area contributed by atoms with Crippen LogP contribution < -0.4 is 33.4 Å². The number of imide groups is 1. The number of nitrogens with zero attached hydrogens (tertiary/aromatic N) is 2. The van der Waals surface area contributed by atoms with E-state index in [4.69, 9.17) is 0 Å². The fourth-order valence-corrected chi connectivity index (χ4v) is 2.13. The third-order valence-electron chi connectivity index (χ3n) is 2.98. The van der Waals surface area contributed by atoms with Crippen molar-refractivity contribution >= 4 is 17.5 Å². The van der Waals surface area contributed by atoms with Crippen LogP contribution in [0, 0.1) is 0 Å². The molecular weight excluding hydrogens is 355 g/mol. The van der Waals surface area contributed by atoms with Gasteiger partial charge in [0, 0.05) is 6.07 Å². The molecular formula is C14H11IN2O2. The Balaban J connectivity index is 0.00000133. The first-order valence-electron chi connectivity index (χ1n) is 5.61. The van der Waals surface area contributed by atoms with E-state index in [1.54, 1.807) is 47.2 Å². The topological polar surface area (TPSA) is 41.3 Å². The lowest BCUT2D eigenvalue weighted by molar-refractivity contribution is -0.670. The molecule has 0 N–H and O–H groups in total. The van der Waals surface area contributed by atoms with Crippen LogP contribution in [0.5, 0.6) is 0 Å². The largest absolute Gasteiger partial charge is 1.00 e. The number of carbonyl (C=O) groups excluding carboxylic acids is 2. The van der Waals surface area contributed by atoms with Gasteiger partial charge in [0.1, 0.15) is 12.7 Å². The molecule has 96 valence electrons. The zero-order chi connectivity index (χ0) is 12.7. The maximum atomic E-state index is 12.2. The van der Waals surface area contributed by atoms with Crippen LogP contribution in [0.25, 0.3) is 0 Å². The van der Waals surface area contributed by atoms with Gasteiger partial charge in [-0.1, -0.05) is 12.1 Å². The standard InChI is InChI=1S/C14H11N2O2.HI/c1-15-8-4-5-10(9-15)16-13(17)11-6-2-3-7-12(11)14(16)18;/h2-9H,1H3;1H/q+1;/p-1. The highest BCUT2D eigenvalue weighted by molar-refractivity contribution is 6.34. The van der Waals surface area contributed by atoms with Crippen molar-refractivity contribution in [2.75, 3.05) is 4.90 Å². The highest BCUT2D eigenvalue weighted by Gasteiger charge is 2.37. The summed E-state index contributed by atoms with van der Waals surface area (Å²) in [7, 11) is 1.85. The smallest absolute Gasteiger partial charge is 0.266 e. The van der Waals surface area contributed by atoms with E-state index in [2.05, 4.69) is 0 Å². The van der Waals surface area contributed by atoms with E-state index < -0.39 is 0 Å². The molecule has 1 aromatic heterocycles. The van der Waals surface area contributed by atoms with E-state index in [-0.39, 0.29) is 35.8 Å². The van der Waals surface area contributed by atoms with E-state index in [0.717, 1.165) is 0 Å². The van der Waals surface area contributed by atoms with Crippen molar-refractivity contribution in [2.24, 2.45) is 7.05 Å². The van der Waals surface area contributed by atoms with Crippen molar-refractivity contribution in [1.82, 2.24) is 0 Å². The Morgan fingerprint density at radius 2 is 1.53 bits per heavy atom. The lowest BCUT2D eigenvalue weighted by Crippen LogP contribution is -3.00.